The summed E-state index contributed by atoms with van der Waals surface area (Å²) in [5.74, 6) is -1.37. The molecule has 2 aliphatic rings. The van der Waals surface area contributed by atoms with Crippen LogP contribution in [-0.4, -0.2) is 43.1 Å². The normalized spacial score (nSPS) is 27.5. The Hall–Kier alpha value is -1.53. The minimum Gasteiger partial charge on any atom is -0.448 e. The third-order valence-electron chi connectivity index (χ3n) is 4.91. The standard InChI is InChI=1S/C18H26O6/c1-5-12(19)23-13-14(24-17(22-4)11(2)3)16(21)18(15(13)20)9-7-6-8-10-18/h5,11,13-14,17H,1,6-10H2,2-4H3. The Kier molecular flexibility index (Phi) is 5.93. The Bertz CT molecular complexity index is 518. The van der Waals surface area contributed by atoms with Crippen LogP contribution in [-0.2, 0) is 28.6 Å². The highest BCUT2D eigenvalue weighted by Crippen LogP contribution is 2.46. The summed E-state index contributed by atoms with van der Waals surface area (Å²) in [6, 6.07) is 0. The molecular weight excluding hydrogens is 312 g/mol. The largest absolute Gasteiger partial charge is 0.448 e. The van der Waals surface area contributed by atoms with E-state index in [1.54, 1.807) is 0 Å². The van der Waals surface area contributed by atoms with Crippen molar-refractivity contribution in [1.29, 1.82) is 0 Å². The molecule has 0 aromatic carbocycles. The van der Waals surface area contributed by atoms with Crippen molar-refractivity contribution in [3.63, 3.8) is 0 Å². The Morgan fingerprint density at radius 3 is 2.25 bits per heavy atom. The summed E-state index contributed by atoms with van der Waals surface area (Å²) < 4.78 is 16.3. The van der Waals surface area contributed by atoms with Crippen LogP contribution in [0.2, 0.25) is 0 Å². The second-order valence-corrected chi connectivity index (χ2v) is 6.84. The topological polar surface area (TPSA) is 78.9 Å². The number of hydrogen-bond acceptors (Lipinski definition) is 6. The summed E-state index contributed by atoms with van der Waals surface area (Å²) in [5.41, 5.74) is -1.08. The Morgan fingerprint density at radius 2 is 1.75 bits per heavy atom. The highest BCUT2D eigenvalue weighted by atomic mass is 16.7. The van der Waals surface area contributed by atoms with Gasteiger partial charge in [-0.3, -0.25) is 9.59 Å². The molecule has 6 heteroatoms. The fourth-order valence-corrected chi connectivity index (χ4v) is 3.64. The van der Waals surface area contributed by atoms with Crippen LogP contribution in [0.1, 0.15) is 46.0 Å². The number of rotatable bonds is 6. The van der Waals surface area contributed by atoms with Crippen LogP contribution in [0.4, 0.5) is 0 Å². The average Bonchev–Trinajstić information content (AvgIpc) is 2.75. The summed E-state index contributed by atoms with van der Waals surface area (Å²) in [6.45, 7) is 7.12. The third kappa shape index (κ3) is 3.30. The lowest BCUT2D eigenvalue weighted by molar-refractivity contribution is -0.200. The van der Waals surface area contributed by atoms with E-state index in [9.17, 15) is 14.4 Å². The molecule has 0 aliphatic heterocycles. The van der Waals surface area contributed by atoms with Gasteiger partial charge in [0.25, 0.3) is 0 Å². The molecule has 0 aromatic rings. The van der Waals surface area contributed by atoms with Gasteiger partial charge in [-0.2, -0.15) is 0 Å². The fourth-order valence-electron chi connectivity index (χ4n) is 3.64. The third-order valence-corrected chi connectivity index (χ3v) is 4.91. The molecular formula is C18H26O6. The second-order valence-electron chi connectivity index (χ2n) is 6.84. The quantitative estimate of drug-likeness (QED) is 0.320. The molecule has 0 aromatic heterocycles. The van der Waals surface area contributed by atoms with Crippen molar-refractivity contribution in [3.05, 3.63) is 12.7 Å². The first kappa shape index (κ1) is 18.8. The summed E-state index contributed by atoms with van der Waals surface area (Å²) in [4.78, 5) is 37.6. The number of methoxy groups -OCH3 is 1. The number of carbonyl (C=O) groups is 3. The SMILES string of the molecule is C=CC(=O)OC1C(=O)C2(CCCCC2)C(=O)C1OC(OC)C(C)C. The fraction of sp³-hybridized carbons (Fsp3) is 0.722. The highest BCUT2D eigenvalue weighted by molar-refractivity contribution is 6.18. The zero-order chi connectivity index (χ0) is 17.9. The van der Waals surface area contributed by atoms with Crippen LogP contribution in [0.15, 0.2) is 12.7 Å². The molecule has 6 nitrogen and oxygen atoms in total. The number of esters is 1. The molecule has 3 unspecified atom stereocenters. The van der Waals surface area contributed by atoms with Crippen LogP contribution in [0.25, 0.3) is 0 Å². The molecule has 2 aliphatic carbocycles. The first-order valence-electron chi connectivity index (χ1n) is 8.47. The van der Waals surface area contributed by atoms with Gasteiger partial charge in [0, 0.05) is 19.1 Å². The van der Waals surface area contributed by atoms with Crippen LogP contribution in [0, 0.1) is 11.3 Å². The minimum atomic E-state index is -1.22. The lowest BCUT2D eigenvalue weighted by Crippen LogP contribution is -2.40. The van der Waals surface area contributed by atoms with Crippen LogP contribution < -0.4 is 0 Å². The average molecular weight is 338 g/mol. The Morgan fingerprint density at radius 1 is 1.17 bits per heavy atom. The maximum absolute atomic E-state index is 13.0. The molecule has 0 bridgehead atoms. The molecule has 134 valence electrons. The molecule has 2 fully saturated rings. The van der Waals surface area contributed by atoms with Gasteiger partial charge in [0.2, 0.25) is 0 Å². The molecule has 0 amide bonds. The van der Waals surface area contributed by atoms with Gasteiger partial charge in [-0.25, -0.2) is 4.79 Å². The first-order chi connectivity index (χ1) is 11.4. The van der Waals surface area contributed by atoms with Gasteiger partial charge in [0.1, 0.15) is 0 Å². The summed E-state index contributed by atoms with van der Waals surface area (Å²) in [7, 11) is 1.48. The molecule has 3 atom stereocenters. The van der Waals surface area contributed by atoms with E-state index in [1.807, 2.05) is 13.8 Å². The first-order valence-corrected chi connectivity index (χ1v) is 8.47. The molecule has 24 heavy (non-hydrogen) atoms. The van der Waals surface area contributed by atoms with Crippen LogP contribution in [0.5, 0.6) is 0 Å². The van der Waals surface area contributed by atoms with Crippen LogP contribution >= 0.6 is 0 Å². The lowest BCUT2D eigenvalue weighted by atomic mass is 9.71. The van der Waals surface area contributed by atoms with E-state index in [0.717, 1.165) is 25.3 Å². The van der Waals surface area contributed by atoms with Gasteiger partial charge >= 0.3 is 5.97 Å². The summed E-state index contributed by atoms with van der Waals surface area (Å²) >= 11 is 0. The monoisotopic (exact) mass is 338 g/mol. The highest BCUT2D eigenvalue weighted by Gasteiger charge is 2.62. The number of carbonyl (C=O) groups excluding carboxylic acids is 3. The van der Waals surface area contributed by atoms with Gasteiger partial charge in [-0.1, -0.05) is 39.7 Å². The molecule has 2 rings (SSSR count). The van der Waals surface area contributed by atoms with E-state index in [4.69, 9.17) is 14.2 Å². The van der Waals surface area contributed by atoms with Crippen LogP contribution in [0.3, 0.4) is 0 Å². The Balaban J connectivity index is 2.32. The van der Waals surface area contributed by atoms with Gasteiger partial charge < -0.3 is 14.2 Å². The molecule has 0 N–H and O–H groups in total. The number of ketones is 2. The lowest BCUT2D eigenvalue weighted by Gasteiger charge is -2.30. The predicted octanol–water partition coefficient (Wildman–Crippen LogP) is 2.20. The maximum Gasteiger partial charge on any atom is 0.330 e. The number of hydrogen-bond donors (Lipinski definition) is 0. The van der Waals surface area contributed by atoms with Crippen molar-refractivity contribution >= 4 is 17.5 Å². The molecule has 1 spiro atoms. The van der Waals surface area contributed by atoms with Crippen molar-refractivity contribution in [2.45, 2.75) is 64.4 Å². The van der Waals surface area contributed by atoms with E-state index in [1.165, 1.54) is 7.11 Å². The number of ether oxygens (including phenoxy) is 3. The summed E-state index contributed by atoms with van der Waals surface area (Å²) in [5, 5.41) is 0. The predicted molar refractivity (Wildman–Crippen MR) is 86.1 cm³/mol. The van der Waals surface area contributed by atoms with Crippen molar-refractivity contribution in [3.8, 4) is 0 Å². The molecule has 0 radical (unpaired) electrons. The van der Waals surface area contributed by atoms with E-state index < -0.39 is 29.9 Å². The van der Waals surface area contributed by atoms with Gasteiger partial charge in [-0.15, -0.1) is 0 Å². The smallest absolute Gasteiger partial charge is 0.330 e. The van der Waals surface area contributed by atoms with E-state index >= 15 is 0 Å². The van der Waals surface area contributed by atoms with Crippen molar-refractivity contribution in [1.82, 2.24) is 0 Å². The zero-order valence-corrected chi connectivity index (χ0v) is 14.6. The minimum absolute atomic E-state index is 0.0171. The summed E-state index contributed by atoms with van der Waals surface area (Å²) in [6.07, 6.45) is 1.58. The Labute approximate surface area is 142 Å². The van der Waals surface area contributed by atoms with Crippen molar-refractivity contribution in [2.75, 3.05) is 7.11 Å². The molecule has 0 heterocycles. The number of Topliss-reactive ketones (excluding diaryl/α,β-unsaturated/α-hetero) is 2. The van der Waals surface area contributed by atoms with Gasteiger partial charge in [0.05, 0.1) is 5.41 Å². The molecule has 2 saturated carbocycles. The van der Waals surface area contributed by atoms with E-state index in [2.05, 4.69) is 6.58 Å². The molecule has 0 saturated heterocycles. The van der Waals surface area contributed by atoms with Crippen molar-refractivity contribution in [2.24, 2.45) is 11.3 Å². The van der Waals surface area contributed by atoms with Gasteiger partial charge in [-0.05, 0) is 12.8 Å². The van der Waals surface area contributed by atoms with E-state index in [0.29, 0.717) is 12.8 Å². The van der Waals surface area contributed by atoms with Crippen molar-refractivity contribution < 1.29 is 28.6 Å². The van der Waals surface area contributed by atoms with E-state index in [-0.39, 0.29) is 17.5 Å². The maximum atomic E-state index is 13.0. The zero-order valence-electron chi connectivity index (χ0n) is 14.6. The second kappa shape index (κ2) is 7.57. The van der Waals surface area contributed by atoms with Gasteiger partial charge in [0.15, 0.2) is 30.1 Å².